The molecule has 0 bridgehead atoms. The number of hydrogen-bond acceptors (Lipinski definition) is 4. The van der Waals surface area contributed by atoms with Crippen LogP contribution in [-0.2, 0) is 0 Å². The molecule has 0 unspecified atom stereocenters. The minimum atomic E-state index is 0.751. The molecule has 4 rings (SSSR count). The minimum absolute atomic E-state index is 0.751. The molecule has 0 aliphatic carbocycles. The van der Waals surface area contributed by atoms with Crippen molar-refractivity contribution in [1.82, 2.24) is 14.8 Å². The van der Waals surface area contributed by atoms with Crippen molar-refractivity contribution in [2.24, 2.45) is 0 Å². The number of aromatic nitrogens is 3. The Morgan fingerprint density at radius 1 is 1.00 bits per heavy atom. The molecule has 0 radical (unpaired) electrons. The highest BCUT2D eigenvalue weighted by Gasteiger charge is 2.09. The molecule has 0 saturated heterocycles. The van der Waals surface area contributed by atoms with Crippen molar-refractivity contribution in [1.29, 1.82) is 0 Å². The average molecular weight is 292 g/mol. The SMILES string of the molecule is Nc1ccccc1-c1cnn(-c2nc3ccccc3s2)c1. The van der Waals surface area contributed by atoms with E-state index in [4.69, 9.17) is 5.73 Å². The van der Waals surface area contributed by atoms with Gasteiger partial charge in [-0.1, -0.05) is 41.7 Å². The van der Waals surface area contributed by atoms with Crippen molar-refractivity contribution in [2.75, 3.05) is 5.73 Å². The van der Waals surface area contributed by atoms with Crippen molar-refractivity contribution in [3.63, 3.8) is 0 Å². The highest BCUT2D eigenvalue weighted by Crippen LogP contribution is 2.28. The molecule has 2 aromatic carbocycles. The van der Waals surface area contributed by atoms with Gasteiger partial charge in [-0.05, 0) is 18.2 Å². The molecule has 5 heteroatoms. The largest absolute Gasteiger partial charge is 0.398 e. The van der Waals surface area contributed by atoms with Crippen molar-refractivity contribution in [3.05, 3.63) is 60.9 Å². The fraction of sp³-hybridized carbons (Fsp3) is 0. The molecular formula is C16H12N4S. The Hall–Kier alpha value is -2.66. The first-order valence-corrected chi connectivity index (χ1v) is 7.38. The van der Waals surface area contributed by atoms with Crippen LogP contribution >= 0.6 is 11.3 Å². The Kier molecular flexibility index (Phi) is 2.72. The number of para-hydroxylation sites is 2. The van der Waals surface area contributed by atoms with Crippen LogP contribution in [0.3, 0.4) is 0 Å². The van der Waals surface area contributed by atoms with Gasteiger partial charge in [0.1, 0.15) is 0 Å². The first kappa shape index (κ1) is 12.1. The van der Waals surface area contributed by atoms with E-state index in [2.05, 4.69) is 16.1 Å². The first-order chi connectivity index (χ1) is 10.3. The van der Waals surface area contributed by atoms with Gasteiger partial charge in [0.25, 0.3) is 0 Å². The van der Waals surface area contributed by atoms with E-state index in [9.17, 15) is 0 Å². The Morgan fingerprint density at radius 2 is 1.81 bits per heavy atom. The zero-order chi connectivity index (χ0) is 14.2. The molecule has 21 heavy (non-hydrogen) atoms. The number of thiazole rings is 1. The van der Waals surface area contributed by atoms with Gasteiger partial charge >= 0.3 is 0 Å². The summed E-state index contributed by atoms with van der Waals surface area (Å²) in [6, 6.07) is 15.9. The summed E-state index contributed by atoms with van der Waals surface area (Å²) in [4.78, 5) is 4.60. The summed E-state index contributed by atoms with van der Waals surface area (Å²) < 4.78 is 2.95. The third-order valence-electron chi connectivity index (χ3n) is 3.33. The first-order valence-electron chi connectivity index (χ1n) is 6.57. The zero-order valence-corrected chi connectivity index (χ0v) is 11.9. The molecule has 0 spiro atoms. The second-order valence-electron chi connectivity index (χ2n) is 4.72. The Balaban J connectivity index is 1.79. The lowest BCUT2D eigenvalue weighted by Gasteiger charge is -2.00. The van der Waals surface area contributed by atoms with Crippen molar-refractivity contribution in [3.8, 4) is 16.3 Å². The third-order valence-corrected chi connectivity index (χ3v) is 4.36. The van der Waals surface area contributed by atoms with E-state index >= 15 is 0 Å². The molecule has 0 atom stereocenters. The Morgan fingerprint density at radius 3 is 2.67 bits per heavy atom. The smallest absolute Gasteiger partial charge is 0.211 e. The maximum atomic E-state index is 6.01. The Bertz CT molecular complexity index is 890. The van der Waals surface area contributed by atoms with E-state index in [1.807, 2.05) is 54.9 Å². The minimum Gasteiger partial charge on any atom is -0.398 e. The lowest BCUT2D eigenvalue weighted by molar-refractivity contribution is 0.873. The van der Waals surface area contributed by atoms with Crippen LogP contribution in [0, 0.1) is 0 Å². The van der Waals surface area contributed by atoms with Gasteiger partial charge in [-0.15, -0.1) is 0 Å². The lowest BCUT2D eigenvalue weighted by atomic mass is 10.1. The van der Waals surface area contributed by atoms with Crippen molar-refractivity contribution in [2.45, 2.75) is 0 Å². The van der Waals surface area contributed by atoms with E-state index in [1.54, 1.807) is 16.0 Å². The van der Waals surface area contributed by atoms with Gasteiger partial charge in [-0.25, -0.2) is 9.67 Å². The van der Waals surface area contributed by atoms with E-state index < -0.39 is 0 Å². The normalized spacial score (nSPS) is 11.0. The van der Waals surface area contributed by atoms with E-state index in [1.165, 1.54) is 0 Å². The summed E-state index contributed by atoms with van der Waals surface area (Å²) in [5, 5.41) is 5.27. The molecule has 0 aliphatic rings. The van der Waals surface area contributed by atoms with Gasteiger partial charge in [0, 0.05) is 23.0 Å². The van der Waals surface area contributed by atoms with Crippen LogP contribution in [0.5, 0.6) is 0 Å². The topological polar surface area (TPSA) is 56.7 Å². The molecule has 0 amide bonds. The molecule has 4 nitrogen and oxygen atoms in total. The van der Waals surface area contributed by atoms with Gasteiger partial charge in [0.05, 0.1) is 16.4 Å². The number of rotatable bonds is 2. The quantitative estimate of drug-likeness (QED) is 0.573. The predicted octanol–water partition coefficient (Wildman–Crippen LogP) is 3.73. The molecule has 0 aliphatic heterocycles. The second-order valence-corrected chi connectivity index (χ2v) is 5.73. The highest BCUT2D eigenvalue weighted by atomic mass is 32.1. The van der Waals surface area contributed by atoms with Crippen LogP contribution in [0.2, 0.25) is 0 Å². The second kappa shape index (κ2) is 4.71. The summed E-state index contributed by atoms with van der Waals surface area (Å²) in [6.07, 6.45) is 3.78. The monoisotopic (exact) mass is 292 g/mol. The molecule has 0 fully saturated rings. The molecule has 2 aromatic heterocycles. The van der Waals surface area contributed by atoms with Crippen LogP contribution in [0.1, 0.15) is 0 Å². The predicted molar refractivity (Wildman–Crippen MR) is 86.6 cm³/mol. The van der Waals surface area contributed by atoms with E-state index in [0.717, 1.165) is 32.2 Å². The highest BCUT2D eigenvalue weighted by molar-refractivity contribution is 7.20. The molecule has 102 valence electrons. The average Bonchev–Trinajstić information content (AvgIpc) is 3.14. The van der Waals surface area contributed by atoms with Gasteiger partial charge in [-0.2, -0.15) is 5.10 Å². The third kappa shape index (κ3) is 2.08. The van der Waals surface area contributed by atoms with Crippen molar-refractivity contribution >= 4 is 27.2 Å². The number of nitrogens with two attached hydrogens (primary N) is 1. The maximum absolute atomic E-state index is 6.01. The van der Waals surface area contributed by atoms with Crippen LogP contribution in [0.25, 0.3) is 26.5 Å². The fourth-order valence-corrected chi connectivity index (χ4v) is 3.18. The lowest BCUT2D eigenvalue weighted by Crippen LogP contribution is -1.92. The summed E-state index contributed by atoms with van der Waals surface area (Å²) in [5.74, 6) is 0. The number of nitrogen functional groups attached to an aromatic ring is 1. The number of nitrogens with zero attached hydrogens (tertiary/aromatic N) is 3. The summed E-state index contributed by atoms with van der Waals surface area (Å²) >= 11 is 1.62. The van der Waals surface area contributed by atoms with Gasteiger partial charge in [-0.3, -0.25) is 0 Å². The molecular weight excluding hydrogens is 280 g/mol. The van der Waals surface area contributed by atoms with Crippen LogP contribution < -0.4 is 5.73 Å². The summed E-state index contributed by atoms with van der Waals surface area (Å²) in [6.45, 7) is 0. The number of fused-ring (bicyclic) bond motifs is 1. The van der Waals surface area contributed by atoms with Gasteiger partial charge < -0.3 is 5.73 Å². The standard InChI is InChI=1S/C16H12N4S/c17-13-6-2-1-5-12(13)11-9-18-20(10-11)16-19-14-7-3-4-8-15(14)21-16/h1-10H,17H2. The molecule has 0 saturated carbocycles. The van der Waals surface area contributed by atoms with Crippen molar-refractivity contribution < 1.29 is 0 Å². The number of hydrogen-bond donors (Lipinski definition) is 1. The number of benzene rings is 2. The molecule has 2 N–H and O–H groups in total. The fourth-order valence-electron chi connectivity index (χ4n) is 2.28. The maximum Gasteiger partial charge on any atom is 0.211 e. The summed E-state index contributed by atoms with van der Waals surface area (Å²) in [5.41, 5.74) is 9.74. The Labute approximate surface area is 125 Å². The van der Waals surface area contributed by atoms with Crippen LogP contribution in [-0.4, -0.2) is 14.8 Å². The molecule has 2 heterocycles. The van der Waals surface area contributed by atoms with Gasteiger partial charge in [0.2, 0.25) is 5.13 Å². The molecule has 4 aromatic rings. The van der Waals surface area contributed by atoms with Crippen LogP contribution in [0.4, 0.5) is 5.69 Å². The van der Waals surface area contributed by atoms with E-state index in [-0.39, 0.29) is 0 Å². The summed E-state index contributed by atoms with van der Waals surface area (Å²) in [7, 11) is 0. The van der Waals surface area contributed by atoms with Crippen LogP contribution in [0.15, 0.2) is 60.9 Å². The van der Waals surface area contributed by atoms with Gasteiger partial charge in [0.15, 0.2) is 0 Å². The zero-order valence-electron chi connectivity index (χ0n) is 11.1. The van der Waals surface area contributed by atoms with E-state index in [0.29, 0.717) is 0 Å². The number of anilines is 1.